The number of hydrogen-bond acceptors (Lipinski definition) is 11. The molecule has 2 saturated carbocycles. The van der Waals surface area contributed by atoms with Crippen LogP contribution < -0.4 is 5.01 Å². The maximum Gasteiger partial charge on any atom is 0.191 e. The molecule has 6 rings (SSSR count). The van der Waals surface area contributed by atoms with Gasteiger partial charge in [0, 0.05) is 18.1 Å². The zero-order valence-corrected chi connectivity index (χ0v) is 23.6. The fourth-order valence-electron chi connectivity index (χ4n) is 5.76. The zero-order valence-electron chi connectivity index (χ0n) is 22.8. The van der Waals surface area contributed by atoms with Crippen molar-refractivity contribution < 1.29 is 28.1 Å². The molecule has 2 aromatic heterocycles. The van der Waals surface area contributed by atoms with Crippen LogP contribution in [0, 0.1) is 16.5 Å². The summed E-state index contributed by atoms with van der Waals surface area (Å²) in [7, 11) is 0. The highest BCUT2D eigenvalue weighted by molar-refractivity contribution is 7.99. The number of fused-ring (bicyclic) bond motifs is 2. The molecule has 0 bridgehead atoms. The van der Waals surface area contributed by atoms with Gasteiger partial charge in [-0.15, -0.1) is 10.0 Å². The molecule has 1 aliphatic heterocycles. The van der Waals surface area contributed by atoms with Crippen LogP contribution in [0.15, 0.2) is 28.6 Å². The minimum Gasteiger partial charge on any atom is -0.394 e. The second-order valence-electron chi connectivity index (χ2n) is 10.9. The first-order chi connectivity index (χ1) is 19.7. The predicted octanol–water partition coefficient (Wildman–Crippen LogP) is 3.89. The number of nitroso groups, excluding NO2 is 1. The molecule has 1 N–H and O–H groups in total. The number of aliphatic hydroxyl groups is 1. The van der Waals surface area contributed by atoms with Crippen molar-refractivity contribution in [3.8, 4) is 0 Å². The van der Waals surface area contributed by atoms with Gasteiger partial charge in [0.1, 0.15) is 12.2 Å². The summed E-state index contributed by atoms with van der Waals surface area (Å²) in [6.45, 7) is 5.74. The van der Waals surface area contributed by atoms with Crippen LogP contribution in [0.4, 0.5) is 14.6 Å². The topological polar surface area (TPSA) is 137 Å². The smallest absolute Gasteiger partial charge is 0.191 e. The lowest BCUT2D eigenvalue weighted by Crippen LogP contribution is -2.31. The Morgan fingerprint density at radius 1 is 1.22 bits per heavy atom. The van der Waals surface area contributed by atoms with Crippen molar-refractivity contribution in [3.05, 3.63) is 40.3 Å². The number of anilines is 1. The van der Waals surface area contributed by atoms with Crippen LogP contribution in [0.3, 0.4) is 0 Å². The van der Waals surface area contributed by atoms with E-state index in [2.05, 4.69) is 20.6 Å². The molecule has 0 radical (unpaired) electrons. The third-order valence-corrected chi connectivity index (χ3v) is 8.64. The Labute approximate surface area is 238 Å². The molecule has 3 heterocycles. The number of aromatic nitrogens is 5. The van der Waals surface area contributed by atoms with E-state index in [0.717, 1.165) is 24.3 Å². The predicted molar refractivity (Wildman–Crippen MR) is 144 cm³/mol. The number of rotatable bonds is 11. The molecular formula is C26H31F2N7O5S. The molecule has 41 heavy (non-hydrogen) atoms. The SMILES string of the molecule is CCCSc1nc(N(N=O)[C@@H]2C[C@H]2c2ccc(F)c(F)c2)c2nnn([C@@H]3C[C@H](OCCO)[C@H]4OC(C)(C)O[C@H]43)c2n1. The van der Waals surface area contributed by atoms with Crippen LogP contribution in [-0.4, -0.2) is 79.2 Å². The summed E-state index contributed by atoms with van der Waals surface area (Å²) in [4.78, 5) is 21.6. The Morgan fingerprint density at radius 2 is 2.02 bits per heavy atom. The number of nitrogens with zero attached hydrogens (tertiary/aromatic N) is 7. The van der Waals surface area contributed by atoms with E-state index in [9.17, 15) is 18.8 Å². The van der Waals surface area contributed by atoms with Gasteiger partial charge in [-0.25, -0.2) is 28.4 Å². The first-order valence-electron chi connectivity index (χ1n) is 13.7. The molecule has 3 fully saturated rings. The quantitative estimate of drug-likeness (QED) is 0.150. The molecule has 0 amide bonds. The molecule has 3 aromatic rings. The summed E-state index contributed by atoms with van der Waals surface area (Å²) in [5.74, 6) is -1.99. The van der Waals surface area contributed by atoms with E-state index in [1.54, 1.807) is 4.68 Å². The van der Waals surface area contributed by atoms with Gasteiger partial charge < -0.3 is 19.3 Å². The molecule has 0 unspecified atom stereocenters. The van der Waals surface area contributed by atoms with Gasteiger partial charge in [0.05, 0.1) is 36.7 Å². The minimum atomic E-state index is -0.943. The van der Waals surface area contributed by atoms with E-state index in [-0.39, 0.29) is 48.7 Å². The van der Waals surface area contributed by atoms with E-state index < -0.39 is 29.6 Å². The molecule has 6 atom stereocenters. The lowest BCUT2D eigenvalue weighted by molar-refractivity contribution is -0.171. The first kappa shape index (κ1) is 28.3. The Kier molecular flexibility index (Phi) is 7.65. The van der Waals surface area contributed by atoms with Crippen molar-refractivity contribution in [1.29, 1.82) is 0 Å². The van der Waals surface area contributed by atoms with E-state index in [0.29, 0.717) is 29.2 Å². The van der Waals surface area contributed by atoms with Gasteiger partial charge in [0.2, 0.25) is 0 Å². The summed E-state index contributed by atoms with van der Waals surface area (Å²) < 4.78 is 47.4. The number of ether oxygens (including phenoxy) is 3. The third kappa shape index (κ3) is 5.29. The molecular weight excluding hydrogens is 560 g/mol. The van der Waals surface area contributed by atoms with Crippen molar-refractivity contribution in [2.45, 2.75) is 87.3 Å². The van der Waals surface area contributed by atoms with Crippen LogP contribution in [0.5, 0.6) is 0 Å². The minimum absolute atomic E-state index is 0.120. The van der Waals surface area contributed by atoms with Crippen LogP contribution in [-0.2, 0) is 14.2 Å². The van der Waals surface area contributed by atoms with Crippen molar-refractivity contribution >= 4 is 28.7 Å². The fourth-order valence-corrected chi connectivity index (χ4v) is 6.45. The van der Waals surface area contributed by atoms with Crippen LogP contribution in [0.2, 0.25) is 0 Å². The van der Waals surface area contributed by atoms with Crippen molar-refractivity contribution in [3.63, 3.8) is 0 Å². The molecule has 3 aliphatic rings. The Bertz CT molecular complexity index is 1440. The van der Waals surface area contributed by atoms with Crippen molar-refractivity contribution in [2.75, 3.05) is 24.0 Å². The number of thioether (sulfide) groups is 1. The van der Waals surface area contributed by atoms with Gasteiger partial charge in [-0.2, -0.15) is 0 Å². The summed E-state index contributed by atoms with van der Waals surface area (Å²) in [5.41, 5.74) is 1.27. The largest absolute Gasteiger partial charge is 0.394 e. The monoisotopic (exact) mass is 591 g/mol. The highest BCUT2D eigenvalue weighted by atomic mass is 32.2. The van der Waals surface area contributed by atoms with Gasteiger partial charge in [-0.1, -0.05) is 30.0 Å². The van der Waals surface area contributed by atoms with Gasteiger partial charge in [-0.05, 0) is 44.4 Å². The van der Waals surface area contributed by atoms with Crippen molar-refractivity contribution in [1.82, 2.24) is 25.0 Å². The maximum atomic E-state index is 13.9. The van der Waals surface area contributed by atoms with Crippen LogP contribution in [0.25, 0.3) is 11.2 Å². The van der Waals surface area contributed by atoms with Crippen LogP contribution >= 0.6 is 11.8 Å². The van der Waals surface area contributed by atoms with E-state index >= 15 is 0 Å². The Hall–Kier alpha value is -2.85. The maximum absolute atomic E-state index is 13.9. The fraction of sp³-hybridized carbons (Fsp3) is 0.615. The van der Waals surface area contributed by atoms with Gasteiger partial charge >= 0.3 is 0 Å². The normalized spacial score (nSPS) is 28.2. The molecule has 1 saturated heterocycles. The lowest BCUT2D eigenvalue weighted by atomic mass is 10.1. The van der Waals surface area contributed by atoms with Gasteiger partial charge in [0.25, 0.3) is 0 Å². The highest BCUT2D eigenvalue weighted by Crippen LogP contribution is 2.48. The first-order valence-corrected chi connectivity index (χ1v) is 14.6. The zero-order chi connectivity index (χ0) is 28.9. The van der Waals surface area contributed by atoms with E-state index in [4.69, 9.17) is 19.2 Å². The third-order valence-electron chi connectivity index (χ3n) is 7.59. The number of aliphatic hydroxyl groups excluding tert-OH is 1. The summed E-state index contributed by atoms with van der Waals surface area (Å²) >= 11 is 1.43. The highest BCUT2D eigenvalue weighted by Gasteiger charge is 2.56. The van der Waals surface area contributed by atoms with Gasteiger partial charge in [0.15, 0.2) is 39.6 Å². The Balaban J connectivity index is 1.37. The second-order valence-corrected chi connectivity index (χ2v) is 12.0. The number of halogens is 2. The number of benzene rings is 1. The lowest BCUT2D eigenvalue weighted by Gasteiger charge is -2.23. The Morgan fingerprint density at radius 3 is 2.76 bits per heavy atom. The molecule has 15 heteroatoms. The summed E-state index contributed by atoms with van der Waals surface area (Å²) in [6.07, 6.45) is 0.732. The molecule has 0 spiro atoms. The van der Waals surface area contributed by atoms with E-state index in [1.807, 2.05) is 20.8 Å². The average Bonchev–Trinajstić information content (AvgIpc) is 3.35. The van der Waals surface area contributed by atoms with E-state index in [1.165, 1.54) is 22.8 Å². The summed E-state index contributed by atoms with van der Waals surface area (Å²) in [5, 5.41) is 23.1. The molecule has 12 nitrogen and oxygen atoms in total. The average molecular weight is 592 g/mol. The van der Waals surface area contributed by atoms with Crippen molar-refractivity contribution in [2.24, 2.45) is 5.29 Å². The molecule has 220 valence electrons. The molecule has 2 aliphatic carbocycles. The van der Waals surface area contributed by atoms with Gasteiger partial charge in [-0.3, -0.25) is 0 Å². The second kappa shape index (κ2) is 11.1. The number of hydrogen-bond donors (Lipinski definition) is 1. The summed E-state index contributed by atoms with van der Waals surface area (Å²) in [6, 6.07) is 2.97. The van der Waals surface area contributed by atoms with Crippen LogP contribution in [0.1, 0.15) is 57.6 Å². The molecule has 1 aromatic carbocycles. The standard InChI is InChI=1S/C26H31F2N7O5S/c1-4-9-41-25-29-23-20(24(30-25)35(33-37)17-11-14(17)13-5-6-15(27)16(28)10-13)31-32-34(23)18-12-19(38-8-7-36)22-21(18)39-26(2,3)40-22/h5-6,10,14,17-19,21-22,36H,4,7-9,11-12H2,1-3H3/t14-,17+,18+,19-,21-,22+/m0/s1.